The molecule has 0 radical (unpaired) electrons. The summed E-state index contributed by atoms with van der Waals surface area (Å²) in [6.07, 6.45) is 7.13. The molecule has 5 heteroatoms. The molecule has 1 spiro atoms. The maximum Gasteiger partial charge on any atom is 0.319 e. The predicted octanol–water partition coefficient (Wildman–Crippen LogP) is 3.81. The van der Waals surface area contributed by atoms with Gasteiger partial charge in [-0.3, -0.25) is 0 Å². The van der Waals surface area contributed by atoms with Gasteiger partial charge in [0.2, 0.25) is 0 Å². The number of ether oxygens (including phenoxy) is 1. The summed E-state index contributed by atoms with van der Waals surface area (Å²) in [5.74, 6) is 0. The highest BCUT2D eigenvalue weighted by atomic mass is 16.5. The SMILES string of the molecule is CCO[C@H]1C[C@@H](NC(=O)Nc2cccc(C#N)c2)C12CCCCC2. The van der Waals surface area contributed by atoms with Crippen LogP contribution in [0.2, 0.25) is 0 Å². The zero-order valence-corrected chi connectivity index (χ0v) is 14.2. The molecule has 2 fully saturated rings. The van der Waals surface area contributed by atoms with Gasteiger partial charge in [0.25, 0.3) is 0 Å². The molecule has 2 amide bonds. The number of carbonyl (C=O) groups excluding carboxylic acids is 1. The number of rotatable bonds is 4. The van der Waals surface area contributed by atoms with Gasteiger partial charge in [0.05, 0.1) is 17.7 Å². The van der Waals surface area contributed by atoms with Gasteiger partial charge in [-0.1, -0.05) is 25.3 Å². The Morgan fingerprint density at radius 1 is 1.38 bits per heavy atom. The molecule has 24 heavy (non-hydrogen) atoms. The van der Waals surface area contributed by atoms with Gasteiger partial charge in [-0.05, 0) is 44.4 Å². The molecule has 5 nitrogen and oxygen atoms in total. The van der Waals surface area contributed by atoms with Crippen molar-refractivity contribution >= 4 is 11.7 Å². The third-order valence-corrected chi connectivity index (χ3v) is 5.49. The zero-order chi connectivity index (χ0) is 17.0. The topological polar surface area (TPSA) is 74.2 Å². The van der Waals surface area contributed by atoms with Crippen molar-refractivity contribution in [2.45, 2.75) is 57.6 Å². The van der Waals surface area contributed by atoms with Crippen LogP contribution in [0.4, 0.5) is 10.5 Å². The van der Waals surface area contributed by atoms with Crippen LogP contribution in [0.5, 0.6) is 0 Å². The Bertz CT molecular complexity index is 632. The largest absolute Gasteiger partial charge is 0.378 e. The molecule has 0 aliphatic heterocycles. The van der Waals surface area contributed by atoms with E-state index in [1.807, 2.05) is 6.92 Å². The van der Waals surface area contributed by atoms with Crippen molar-refractivity contribution in [1.29, 1.82) is 5.26 Å². The van der Waals surface area contributed by atoms with Crippen LogP contribution >= 0.6 is 0 Å². The molecule has 0 unspecified atom stereocenters. The molecule has 0 aromatic heterocycles. The Morgan fingerprint density at radius 2 is 2.17 bits per heavy atom. The predicted molar refractivity (Wildman–Crippen MR) is 92.6 cm³/mol. The number of urea groups is 1. The standard InChI is InChI=1S/C19H25N3O2/c1-2-24-17-12-16(19(17)9-4-3-5-10-19)22-18(23)21-15-8-6-7-14(11-15)13-20/h6-8,11,16-17H,2-5,9-10,12H2,1H3,(H2,21,22,23)/t16-,17+/m1/s1. The fourth-order valence-electron chi connectivity index (χ4n) is 4.26. The van der Waals surface area contributed by atoms with Crippen LogP contribution in [0.15, 0.2) is 24.3 Å². The Hall–Kier alpha value is -2.06. The average Bonchev–Trinajstić information content (AvgIpc) is 2.61. The lowest BCUT2D eigenvalue weighted by Crippen LogP contribution is -2.65. The lowest BCUT2D eigenvalue weighted by molar-refractivity contribution is -0.146. The fraction of sp³-hybridized carbons (Fsp3) is 0.579. The highest BCUT2D eigenvalue weighted by Gasteiger charge is 2.56. The first-order chi connectivity index (χ1) is 11.7. The van der Waals surface area contributed by atoms with E-state index in [-0.39, 0.29) is 23.6 Å². The van der Waals surface area contributed by atoms with Crippen LogP contribution < -0.4 is 10.6 Å². The van der Waals surface area contributed by atoms with E-state index in [4.69, 9.17) is 10.00 Å². The molecule has 2 saturated carbocycles. The highest BCUT2D eigenvalue weighted by molar-refractivity contribution is 5.89. The molecule has 2 aliphatic rings. The van der Waals surface area contributed by atoms with E-state index in [9.17, 15) is 4.79 Å². The van der Waals surface area contributed by atoms with Gasteiger partial charge in [-0.2, -0.15) is 5.26 Å². The summed E-state index contributed by atoms with van der Waals surface area (Å²) in [6, 6.07) is 9.02. The summed E-state index contributed by atoms with van der Waals surface area (Å²) in [6.45, 7) is 2.76. The van der Waals surface area contributed by atoms with Crippen LogP contribution in [0.3, 0.4) is 0 Å². The molecular weight excluding hydrogens is 302 g/mol. The molecule has 2 atom stereocenters. The molecule has 2 N–H and O–H groups in total. The summed E-state index contributed by atoms with van der Waals surface area (Å²) in [4.78, 5) is 12.4. The van der Waals surface area contributed by atoms with E-state index in [0.717, 1.165) is 25.9 Å². The lowest BCUT2D eigenvalue weighted by atomic mass is 9.55. The minimum atomic E-state index is -0.199. The minimum Gasteiger partial charge on any atom is -0.378 e. The number of nitrogens with zero attached hydrogens (tertiary/aromatic N) is 1. The second kappa shape index (κ2) is 7.23. The maximum atomic E-state index is 12.4. The van der Waals surface area contributed by atoms with Gasteiger partial charge in [-0.25, -0.2) is 4.79 Å². The monoisotopic (exact) mass is 327 g/mol. The summed E-state index contributed by atoms with van der Waals surface area (Å²) >= 11 is 0. The summed E-state index contributed by atoms with van der Waals surface area (Å²) < 4.78 is 5.92. The fourth-order valence-corrected chi connectivity index (χ4v) is 4.26. The van der Waals surface area contributed by atoms with Crippen molar-refractivity contribution in [3.8, 4) is 6.07 Å². The molecule has 1 aromatic rings. The van der Waals surface area contributed by atoms with Crippen molar-refractivity contribution in [2.24, 2.45) is 5.41 Å². The number of benzene rings is 1. The Labute approximate surface area is 143 Å². The smallest absolute Gasteiger partial charge is 0.319 e. The van der Waals surface area contributed by atoms with Gasteiger partial charge < -0.3 is 15.4 Å². The molecule has 3 rings (SSSR count). The van der Waals surface area contributed by atoms with Crippen LogP contribution in [0.1, 0.15) is 51.0 Å². The summed E-state index contributed by atoms with van der Waals surface area (Å²) in [5.41, 5.74) is 1.29. The van der Waals surface area contributed by atoms with Gasteiger partial charge in [0.1, 0.15) is 0 Å². The van der Waals surface area contributed by atoms with Crippen molar-refractivity contribution in [3.05, 3.63) is 29.8 Å². The molecule has 2 aliphatic carbocycles. The van der Waals surface area contributed by atoms with E-state index >= 15 is 0 Å². The van der Waals surface area contributed by atoms with Gasteiger partial charge in [0.15, 0.2) is 0 Å². The average molecular weight is 327 g/mol. The number of nitriles is 1. The Kier molecular flexibility index (Phi) is 5.06. The van der Waals surface area contributed by atoms with E-state index < -0.39 is 0 Å². The van der Waals surface area contributed by atoms with Crippen molar-refractivity contribution in [2.75, 3.05) is 11.9 Å². The van der Waals surface area contributed by atoms with Gasteiger partial charge in [-0.15, -0.1) is 0 Å². The normalized spacial score (nSPS) is 24.7. The van der Waals surface area contributed by atoms with E-state index in [0.29, 0.717) is 11.3 Å². The van der Waals surface area contributed by atoms with Crippen LogP contribution in [-0.4, -0.2) is 24.8 Å². The molecule has 1 aromatic carbocycles. The second-order valence-electron chi connectivity index (χ2n) is 6.82. The van der Waals surface area contributed by atoms with E-state index in [1.54, 1.807) is 24.3 Å². The minimum absolute atomic E-state index is 0.111. The third-order valence-electron chi connectivity index (χ3n) is 5.49. The number of amides is 2. The number of nitrogens with one attached hydrogen (secondary N) is 2. The first-order valence-corrected chi connectivity index (χ1v) is 8.87. The van der Waals surface area contributed by atoms with Crippen LogP contribution in [-0.2, 0) is 4.74 Å². The van der Waals surface area contributed by atoms with Crippen LogP contribution in [0, 0.1) is 16.7 Å². The van der Waals surface area contributed by atoms with Crippen molar-refractivity contribution in [1.82, 2.24) is 5.32 Å². The van der Waals surface area contributed by atoms with E-state index in [1.165, 1.54) is 19.3 Å². The summed E-state index contributed by atoms with van der Waals surface area (Å²) in [7, 11) is 0. The molecule has 0 heterocycles. The first kappa shape index (κ1) is 16.8. The van der Waals surface area contributed by atoms with Crippen molar-refractivity contribution < 1.29 is 9.53 Å². The number of hydrogen-bond acceptors (Lipinski definition) is 3. The molecule has 0 saturated heterocycles. The Morgan fingerprint density at radius 3 is 2.88 bits per heavy atom. The Balaban J connectivity index is 1.62. The molecule has 128 valence electrons. The van der Waals surface area contributed by atoms with Gasteiger partial charge >= 0.3 is 6.03 Å². The van der Waals surface area contributed by atoms with Crippen molar-refractivity contribution in [3.63, 3.8) is 0 Å². The van der Waals surface area contributed by atoms with Gasteiger partial charge in [0, 0.05) is 23.8 Å². The number of anilines is 1. The third kappa shape index (κ3) is 3.25. The van der Waals surface area contributed by atoms with Crippen LogP contribution in [0.25, 0.3) is 0 Å². The maximum absolute atomic E-state index is 12.4. The summed E-state index contributed by atoms with van der Waals surface area (Å²) in [5, 5.41) is 14.9. The lowest BCUT2D eigenvalue weighted by Gasteiger charge is -2.57. The van der Waals surface area contributed by atoms with E-state index in [2.05, 4.69) is 16.7 Å². The first-order valence-electron chi connectivity index (χ1n) is 8.87. The quantitative estimate of drug-likeness (QED) is 0.883. The molecular formula is C19H25N3O2. The second-order valence-corrected chi connectivity index (χ2v) is 6.82. The number of hydrogen-bond donors (Lipinski definition) is 2. The molecule has 0 bridgehead atoms. The highest BCUT2D eigenvalue weighted by Crippen LogP contribution is 2.53. The zero-order valence-electron chi connectivity index (χ0n) is 14.2. The number of carbonyl (C=O) groups is 1.